The zero-order valence-corrected chi connectivity index (χ0v) is 16.0. The van der Waals surface area contributed by atoms with Gasteiger partial charge in [-0.1, -0.05) is 0 Å². The van der Waals surface area contributed by atoms with Crippen molar-refractivity contribution in [2.24, 2.45) is 0 Å². The smallest absolute Gasteiger partial charge is 0.258 e. The van der Waals surface area contributed by atoms with Crippen LogP contribution in [0.5, 0.6) is 5.75 Å². The molecule has 0 spiro atoms. The fourth-order valence-corrected chi connectivity index (χ4v) is 3.04. The molecule has 3 aromatic rings. The number of rotatable bonds is 5. The number of aromatic nitrogens is 4. The summed E-state index contributed by atoms with van der Waals surface area (Å²) in [6.07, 6.45) is 6.59. The minimum atomic E-state index is -0.257. The van der Waals surface area contributed by atoms with Gasteiger partial charge in [0.05, 0.1) is 12.7 Å². The van der Waals surface area contributed by atoms with E-state index in [1.54, 1.807) is 62.2 Å². The number of hydrogen-bond donors (Lipinski definition) is 1. The van der Waals surface area contributed by atoms with E-state index in [2.05, 4.69) is 35.1 Å². The number of amides is 1. The third-order valence-electron chi connectivity index (χ3n) is 4.65. The minimum Gasteiger partial charge on any atom is -0.497 e. The first-order chi connectivity index (χ1) is 14.2. The molecule has 4 rings (SSSR count). The Morgan fingerprint density at radius 1 is 0.897 bits per heavy atom. The van der Waals surface area contributed by atoms with Gasteiger partial charge in [-0.05, 0) is 30.3 Å². The highest BCUT2D eigenvalue weighted by molar-refractivity contribution is 6.03. The molecule has 2 aromatic heterocycles. The summed E-state index contributed by atoms with van der Waals surface area (Å²) in [5.74, 6) is 1.82. The highest BCUT2D eigenvalue weighted by Gasteiger charge is 2.20. The molecular formula is C20H21N7O2. The van der Waals surface area contributed by atoms with E-state index in [0.717, 1.165) is 37.9 Å². The molecule has 0 radical (unpaired) electrons. The standard InChI is InChI=1S/C20H21N7O2/c1-29-17-5-3-16(4-6-17)25-18(28)15-13-23-20(24-14-15)27-11-9-26(10-12-27)19-21-7-2-8-22-19/h2-8,13-14H,9-12H2,1H3,(H,25,28). The summed E-state index contributed by atoms with van der Waals surface area (Å²) in [6.45, 7) is 3.09. The molecule has 1 fully saturated rings. The van der Waals surface area contributed by atoms with Gasteiger partial charge in [0.2, 0.25) is 11.9 Å². The van der Waals surface area contributed by atoms with Gasteiger partial charge in [-0.2, -0.15) is 0 Å². The average Bonchev–Trinajstić information content (AvgIpc) is 2.80. The van der Waals surface area contributed by atoms with Gasteiger partial charge in [-0.3, -0.25) is 4.79 Å². The monoisotopic (exact) mass is 391 g/mol. The van der Waals surface area contributed by atoms with Gasteiger partial charge in [0.15, 0.2) is 0 Å². The molecule has 9 heteroatoms. The first kappa shape index (κ1) is 18.6. The van der Waals surface area contributed by atoms with Crippen molar-refractivity contribution in [2.45, 2.75) is 0 Å². The number of carbonyl (C=O) groups excluding carboxylic acids is 1. The second kappa shape index (κ2) is 8.51. The Hall–Kier alpha value is -3.75. The van der Waals surface area contributed by atoms with Crippen molar-refractivity contribution in [3.63, 3.8) is 0 Å². The fourth-order valence-electron chi connectivity index (χ4n) is 3.04. The summed E-state index contributed by atoms with van der Waals surface area (Å²) < 4.78 is 5.11. The van der Waals surface area contributed by atoms with Crippen LogP contribution in [0.25, 0.3) is 0 Å². The van der Waals surface area contributed by atoms with Gasteiger partial charge >= 0.3 is 0 Å². The van der Waals surface area contributed by atoms with Crippen LogP contribution in [0.15, 0.2) is 55.1 Å². The van der Waals surface area contributed by atoms with Gasteiger partial charge in [0.25, 0.3) is 5.91 Å². The third kappa shape index (κ3) is 4.40. The Balaban J connectivity index is 1.34. The number of anilines is 3. The van der Waals surface area contributed by atoms with Crippen molar-refractivity contribution in [1.29, 1.82) is 0 Å². The molecule has 1 N–H and O–H groups in total. The predicted octanol–water partition coefficient (Wildman–Crippen LogP) is 1.85. The highest BCUT2D eigenvalue weighted by atomic mass is 16.5. The van der Waals surface area contributed by atoms with Gasteiger partial charge < -0.3 is 19.9 Å². The molecule has 0 bridgehead atoms. The van der Waals surface area contributed by atoms with Crippen LogP contribution in [-0.2, 0) is 0 Å². The Bertz CT molecular complexity index is 941. The van der Waals surface area contributed by atoms with Crippen LogP contribution in [0.3, 0.4) is 0 Å². The SMILES string of the molecule is COc1ccc(NC(=O)c2cnc(N3CCN(c4ncccn4)CC3)nc2)cc1. The quantitative estimate of drug-likeness (QED) is 0.704. The Morgan fingerprint density at radius 3 is 2.00 bits per heavy atom. The summed E-state index contributed by atoms with van der Waals surface area (Å²) >= 11 is 0. The number of carbonyl (C=O) groups is 1. The van der Waals surface area contributed by atoms with Gasteiger partial charge in [0.1, 0.15) is 5.75 Å². The second-order valence-corrected chi connectivity index (χ2v) is 6.48. The number of nitrogens with one attached hydrogen (secondary N) is 1. The van der Waals surface area contributed by atoms with Crippen molar-refractivity contribution in [3.8, 4) is 5.75 Å². The Labute approximate surface area is 168 Å². The summed E-state index contributed by atoms with van der Waals surface area (Å²) in [4.78, 5) is 33.9. The fraction of sp³-hybridized carbons (Fsp3) is 0.250. The van der Waals surface area contributed by atoms with Gasteiger partial charge in [-0.15, -0.1) is 0 Å². The second-order valence-electron chi connectivity index (χ2n) is 6.48. The van der Waals surface area contributed by atoms with E-state index in [4.69, 9.17) is 4.74 Å². The molecular weight excluding hydrogens is 370 g/mol. The topological polar surface area (TPSA) is 96.4 Å². The average molecular weight is 391 g/mol. The normalized spacial score (nSPS) is 13.8. The Morgan fingerprint density at radius 2 is 1.45 bits per heavy atom. The minimum absolute atomic E-state index is 0.257. The van der Waals surface area contributed by atoms with Crippen LogP contribution >= 0.6 is 0 Å². The summed E-state index contributed by atoms with van der Waals surface area (Å²) in [6, 6.07) is 8.94. The van der Waals surface area contributed by atoms with Crippen molar-refractivity contribution in [1.82, 2.24) is 19.9 Å². The maximum atomic E-state index is 12.4. The summed E-state index contributed by atoms with van der Waals surface area (Å²) in [5.41, 5.74) is 1.08. The highest BCUT2D eigenvalue weighted by Crippen LogP contribution is 2.17. The van der Waals surface area contributed by atoms with E-state index < -0.39 is 0 Å². The molecule has 9 nitrogen and oxygen atoms in total. The van der Waals surface area contributed by atoms with E-state index in [-0.39, 0.29) is 5.91 Å². The molecule has 0 aliphatic carbocycles. The molecule has 29 heavy (non-hydrogen) atoms. The van der Waals surface area contributed by atoms with E-state index in [9.17, 15) is 4.79 Å². The van der Waals surface area contributed by atoms with E-state index in [0.29, 0.717) is 17.2 Å². The number of methoxy groups -OCH3 is 1. The molecule has 3 heterocycles. The lowest BCUT2D eigenvalue weighted by atomic mass is 10.2. The molecule has 148 valence electrons. The lowest BCUT2D eigenvalue weighted by Gasteiger charge is -2.34. The van der Waals surface area contributed by atoms with E-state index in [1.165, 1.54) is 0 Å². The lowest BCUT2D eigenvalue weighted by molar-refractivity contribution is 0.102. The zero-order valence-electron chi connectivity index (χ0n) is 16.0. The third-order valence-corrected chi connectivity index (χ3v) is 4.65. The summed E-state index contributed by atoms with van der Waals surface area (Å²) in [5, 5.41) is 2.82. The molecule has 1 amide bonds. The van der Waals surface area contributed by atoms with Crippen LogP contribution in [0.2, 0.25) is 0 Å². The van der Waals surface area contributed by atoms with Gasteiger partial charge in [0, 0.05) is 56.7 Å². The first-order valence-electron chi connectivity index (χ1n) is 9.27. The molecule has 0 unspecified atom stereocenters. The van der Waals surface area contributed by atoms with Crippen LogP contribution in [-0.4, -0.2) is 59.1 Å². The lowest BCUT2D eigenvalue weighted by Crippen LogP contribution is -2.47. The zero-order chi connectivity index (χ0) is 20.1. The number of nitrogens with zero attached hydrogens (tertiary/aromatic N) is 6. The van der Waals surface area contributed by atoms with E-state index in [1.807, 2.05) is 0 Å². The summed E-state index contributed by atoms with van der Waals surface area (Å²) in [7, 11) is 1.60. The molecule has 0 saturated carbocycles. The van der Waals surface area contributed by atoms with Crippen molar-refractivity contribution >= 4 is 23.5 Å². The maximum Gasteiger partial charge on any atom is 0.258 e. The van der Waals surface area contributed by atoms with Crippen LogP contribution in [0, 0.1) is 0 Å². The molecule has 1 aliphatic heterocycles. The number of benzene rings is 1. The number of piperazine rings is 1. The number of ether oxygens (including phenoxy) is 1. The molecule has 1 saturated heterocycles. The molecule has 1 aliphatic rings. The van der Waals surface area contributed by atoms with Gasteiger partial charge in [-0.25, -0.2) is 19.9 Å². The van der Waals surface area contributed by atoms with E-state index >= 15 is 0 Å². The van der Waals surface area contributed by atoms with Crippen molar-refractivity contribution < 1.29 is 9.53 Å². The van der Waals surface area contributed by atoms with Crippen LogP contribution < -0.4 is 19.9 Å². The number of hydrogen-bond acceptors (Lipinski definition) is 8. The molecule has 0 atom stereocenters. The molecule has 1 aromatic carbocycles. The van der Waals surface area contributed by atoms with Crippen molar-refractivity contribution in [3.05, 3.63) is 60.7 Å². The van der Waals surface area contributed by atoms with Crippen LogP contribution in [0.1, 0.15) is 10.4 Å². The Kier molecular flexibility index (Phi) is 5.46. The van der Waals surface area contributed by atoms with Crippen LogP contribution in [0.4, 0.5) is 17.6 Å². The predicted molar refractivity (Wildman–Crippen MR) is 109 cm³/mol. The first-order valence-corrected chi connectivity index (χ1v) is 9.27. The maximum absolute atomic E-state index is 12.4. The van der Waals surface area contributed by atoms with Crippen molar-refractivity contribution in [2.75, 3.05) is 48.4 Å². The largest absolute Gasteiger partial charge is 0.497 e.